The number of nitrogens with zero attached hydrogens (tertiary/aromatic N) is 1. The fourth-order valence-corrected chi connectivity index (χ4v) is 3.56. The second-order valence-corrected chi connectivity index (χ2v) is 5.94. The van der Waals surface area contributed by atoms with Crippen LogP contribution < -0.4 is 5.73 Å². The number of ether oxygens (including phenoxy) is 1. The molecule has 0 aromatic heterocycles. The maximum absolute atomic E-state index is 6.68. The van der Waals surface area contributed by atoms with Crippen LogP contribution in [0.3, 0.4) is 0 Å². The van der Waals surface area contributed by atoms with Crippen molar-refractivity contribution in [2.24, 2.45) is 11.1 Å². The van der Waals surface area contributed by atoms with E-state index in [9.17, 15) is 0 Å². The topological polar surface area (TPSA) is 38.5 Å². The van der Waals surface area contributed by atoms with Crippen molar-refractivity contribution < 1.29 is 4.74 Å². The van der Waals surface area contributed by atoms with Crippen LogP contribution >= 0.6 is 0 Å². The third kappa shape index (κ3) is 1.79. The Bertz CT molecular complexity index is 256. The van der Waals surface area contributed by atoms with E-state index >= 15 is 0 Å². The lowest BCUT2D eigenvalue weighted by Crippen LogP contribution is -2.66. The second kappa shape index (κ2) is 4.28. The van der Waals surface area contributed by atoms with Gasteiger partial charge in [0.15, 0.2) is 0 Å². The summed E-state index contributed by atoms with van der Waals surface area (Å²) in [6.07, 6.45) is 6.43. The highest BCUT2D eigenvalue weighted by Gasteiger charge is 2.56. The number of fused-ring (bicyclic) bond motifs is 1. The molecule has 2 fully saturated rings. The highest BCUT2D eigenvalue weighted by Crippen LogP contribution is 2.52. The Balaban J connectivity index is 2.15. The molecule has 0 radical (unpaired) electrons. The number of nitrogens with two attached hydrogens (primary N) is 1. The predicted molar refractivity (Wildman–Crippen MR) is 66.2 cm³/mol. The van der Waals surface area contributed by atoms with Gasteiger partial charge in [0.25, 0.3) is 0 Å². The zero-order valence-corrected chi connectivity index (χ0v) is 11.0. The van der Waals surface area contributed by atoms with E-state index in [1.54, 1.807) is 0 Å². The summed E-state index contributed by atoms with van der Waals surface area (Å²) < 4.78 is 5.89. The molecule has 16 heavy (non-hydrogen) atoms. The van der Waals surface area contributed by atoms with E-state index in [2.05, 4.69) is 25.8 Å². The molecule has 3 nitrogen and oxygen atoms in total. The van der Waals surface area contributed by atoms with Gasteiger partial charge in [0, 0.05) is 5.41 Å². The molecule has 1 saturated heterocycles. The van der Waals surface area contributed by atoms with Gasteiger partial charge in [-0.1, -0.05) is 0 Å². The fourth-order valence-electron chi connectivity index (χ4n) is 3.56. The average molecular weight is 226 g/mol. The molecule has 1 aliphatic heterocycles. The summed E-state index contributed by atoms with van der Waals surface area (Å²) in [5, 5.41) is 0. The smallest absolute Gasteiger partial charge is 0.0764 e. The van der Waals surface area contributed by atoms with Crippen LogP contribution in [0.5, 0.6) is 0 Å². The molecule has 1 saturated carbocycles. The van der Waals surface area contributed by atoms with Crippen molar-refractivity contribution in [3.8, 4) is 0 Å². The van der Waals surface area contributed by atoms with Gasteiger partial charge >= 0.3 is 0 Å². The van der Waals surface area contributed by atoms with Crippen LogP contribution in [0.1, 0.15) is 46.0 Å². The Hall–Kier alpha value is -0.120. The van der Waals surface area contributed by atoms with Crippen LogP contribution in [0, 0.1) is 5.41 Å². The van der Waals surface area contributed by atoms with Crippen molar-refractivity contribution in [1.82, 2.24) is 4.90 Å². The SMILES string of the molecule is CC(C)OCC12CCCN(C)C1(N)CCC2. The molecule has 1 heterocycles. The minimum atomic E-state index is -0.111. The minimum absolute atomic E-state index is 0.111. The van der Waals surface area contributed by atoms with Crippen molar-refractivity contribution >= 4 is 0 Å². The van der Waals surface area contributed by atoms with Gasteiger partial charge in [-0.05, 0) is 59.5 Å². The Kier molecular flexibility index (Phi) is 3.30. The van der Waals surface area contributed by atoms with E-state index < -0.39 is 0 Å². The zero-order chi connectivity index (χ0) is 11.8. The molecular formula is C13H26N2O. The molecule has 2 rings (SSSR count). The number of piperidine rings is 1. The van der Waals surface area contributed by atoms with Gasteiger partial charge in [0.05, 0.1) is 18.4 Å². The highest BCUT2D eigenvalue weighted by atomic mass is 16.5. The summed E-state index contributed by atoms with van der Waals surface area (Å²) in [4.78, 5) is 2.37. The van der Waals surface area contributed by atoms with E-state index in [4.69, 9.17) is 10.5 Å². The molecule has 94 valence electrons. The van der Waals surface area contributed by atoms with Crippen molar-refractivity contribution in [3.63, 3.8) is 0 Å². The summed E-state index contributed by atoms with van der Waals surface area (Å²) in [6, 6.07) is 0. The maximum atomic E-state index is 6.68. The van der Waals surface area contributed by atoms with Crippen LogP contribution in [0.25, 0.3) is 0 Å². The Morgan fingerprint density at radius 1 is 1.25 bits per heavy atom. The van der Waals surface area contributed by atoms with Crippen LogP contribution in [-0.4, -0.2) is 36.9 Å². The quantitative estimate of drug-likeness (QED) is 0.799. The first-order valence-corrected chi connectivity index (χ1v) is 6.62. The first-order chi connectivity index (χ1) is 7.50. The Morgan fingerprint density at radius 2 is 1.94 bits per heavy atom. The molecule has 0 aromatic carbocycles. The molecule has 0 spiro atoms. The summed E-state index contributed by atoms with van der Waals surface area (Å²) in [5.41, 5.74) is 6.78. The van der Waals surface area contributed by atoms with Gasteiger partial charge in [-0.25, -0.2) is 0 Å². The first-order valence-electron chi connectivity index (χ1n) is 6.62. The van der Waals surface area contributed by atoms with E-state index in [0.29, 0.717) is 6.10 Å². The number of hydrogen-bond acceptors (Lipinski definition) is 3. The fraction of sp³-hybridized carbons (Fsp3) is 1.00. The van der Waals surface area contributed by atoms with Crippen molar-refractivity contribution in [2.45, 2.75) is 57.7 Å². The third-order valence-corrected chi connectivity index (χ3v) is 4.65. The van der Waals surface area contributed by atoms with E-state index in [1.165, 1.54) is 25.7 Å². The third-order valence-electron chi connectivity index (χ3n) is 4.65. The van der Waals surface area contributed by atoms with E-state index in [-0.39, 0.29) is 11.1 Å². The second-order valence-electron chi connectivity index (χ2n) is 5.94. The van der Waals surface area contributed by atoms with Crippen LogP contribution in [0.4, 0.5) is 0 Å². The van der Waals surface area contributed by atoms with Gasteiger partial charge < -0.3 is 10.5 Å². The lowest BCUT2D eigenvalue weighted by Gasteiger charge is -2.52. The average Bonchev–Trinajstić information content (AvgIpc) is 2.56. The van der Waals surface area contributed by atoms with Crippen molar-refractivity contribution in [1.29, 1.82) is 0 Å². The molecule has 1 aliphatic carbocycles. The van der Waals surface area contributed by atoms with Crippen LogP contribution in [0.2, 0.25) is 0 Å². The van der Waals surface area contributed by atoms with E-state index in [1.807, 2.05) is 0 Å². The maximum Gasteiger partial charge on any atom is 0.0764 e. The largest absolute Gasteiger partial charge is 0.378 e. The molecule has 0 amide bonds. The van der Waals surface area contributed by atoms with Crippen LogP contribution in [-0.2, 0) is 4.74 Å². The first kappa shape index (κ1) is 12.3. The monoisotopic (exact) mass is 226 g/mol. The molecule has 2 N–H and O–H groups in total. The lowest BCUT2D eigenvalue weighted by molar-refractivity contribution is -0.0957. The standard InChI is InChI=1S/C13H26N2O/c1-11(2)16-10-12-6-4-8-13(12,14)15(3)9-5-7-12/h11H,4-10,14H2,1-3H3. The lowest BCUT2D eigenvalue weighted by atomic mass is 9.71. The van der Waals surface area contributed by atoms with Gasteiger partial charge in [0.2, 0.25) is 0 Å². The van der Waals surface area contributed by atoms with Gasteiger partial charge in [0.1, 0.15) is 0 Å². The summed E-state index contributed by atoms with van der Waals surface area (Å²) in [5.74, 6) is 0. The molecule has 0 bridgehead atoms. The minimum Gasteiger partial charge on any atom is -0.378 e. The molecule has 2 atom stereocenters. The van der Waals surface area contributed by atoms with Crippen LogP contribution in [0.15, 0.2) is 0 Å². The number of hydrogen-bond donors (Lipinski definition) is 1. The zero-order valence-electron chi connectivity index (χ0n) is 11.0. The van der Waals surface area contributed by atoms with Gasteiger partial charge in [-0.3, -0.25) is 4.90 Å². The summed E-state index contributed by atoms with van der Waals surface area (Å²) >= 11 is 0. The summed E-state index contributed by atoms with van der Waals surface area (Å²) in [6.45, 7) is 6.19. The Labute approximate surface area is 99.3 Å². The highest BCUT2D eigenvalue weighted by molar-refractivity contribution is 5.08. The predicted octanol–water partition coefficient (Wildman–Crippen LogP) is 1.96. The molecule has 2 aliphatic rings. The number of rotatable bonds is 3. The van der Waals surface area contributed by atoms with Gasteiger partial charge in [-0.2, -0.15) is 0 Å². The van der Waals surface area contributed by atoms with Crippen molar-refractivity contribution in [3.05, 3.63) is 0 Å². The summed E-state index contributed by atoms with van der Waals surface area (Å²) in [7, 11) is 2.18. The van der Waals surface area contributed by atoms with Crippen molar-refractivity contribution in [2.75, 3.05) is 20.2 Å². The van der Waals surface area contributed by atoms with E-state index in [0.717, 1.165) is 19.6 Å². The van der Waals surface area contributed by atoms with Gasteiger partial charge in [-0.15, -0.1) is 0 Å². The number of likely N-dealkylation sites (tertiary alicyclic amines) is 1. The normalized spacial score (nSPS) is 40.3. The molecule has 0 aromatic rings. The molecule has 3 heteroatoms. The molecule has 2 unspecified atom stereocenters. The Morgan fingerprint density at radius 3 is 2.62 bits per heavy atom. The molecular weight excluding hydrogens is 200 g/mol.